The molecule has 0 fully saturated rings. The first-order chi connectivity index (χ1) is 10.4. The van der Waals surface area contributed by atoms with Gasteiger partial charge in [-0.3, -0.25) is 9.97 Å². The third-order valence-corrected chi connectivity index (χ3v) is 3.60. The number of pyridine rings is 2. The predicted molar refractivity (Wildman–Crippen MR) is 86.3 cm³/mol. The van der Waals surface area contributed by atoms with Gasteiger partial charge in [-0.15, -0.1) is 0 Å². The van der Waals surface area contributed by atoms with E-state index in [2.05, 4.69) is 45.6 Å². The molecule has 0 unspecified atom stereocenters. The fourth-order valence-corrected chi connectivity index (χ4v) is 2.50. The Kier molecular flexibility index (Phi) is 4.54. The van der Waals surface area contributed by atoms with Crippen LogP contribution in [0.15, 0.2) is 61.1 Å². The molecule has 0 atom stereocenters. The summed E-state index contributed by atoms with van der Waals surface area (Å²) < 4.78 is 0. The third kappa shape index (κ3) is 3.64. The average molecular weight is 277 g/mol. The maximum absolute atomic E-state index is 4.49. The molecule has 0 radical (unpaired) electrons. The first-order valence-electron chi connectivity index (χ1n) is 7.36. The molecule has 0 aliphatic heterocycles. The van der Waals surface area contributed by atoms with Crippen LogP contribution in [0.3, 0.4) is 0 Å². The van der Waals surface area contributed by atoms with Gasteiger partial charge in [-0.1, -0.05) is 30.3 Å². The molecule has 0 saturated carbocycles. The zero-order chi connectivity index (χ0) is 14.3. The molecule has 0 amide bonds. The molecule has 3 rings (SSSR count). The van der Waals surface area contributed by atoms with E-state index in [0.717, 1.165) is 31.4 Å². The quantitative estimate of drug-likeness (QED) is 0.704. The van der Waals surface area contributed by atoms with Gasteiger partial charge < -0.3 is 5.32 Å². The Morgan fingerprint density at radius 1 is 0.857 bits per heavy atom. The Labute approximate surface area is 125 Å². The van der Waals surface area contributed by atoms with E-state index < -0.39 is 0 Å². The molecule has 1 N–H and O–H groups in total. The van der Waals surface area contributed by atoms with Crippen LogP contribution in [0.2, 0.25) is 0 Å². The molecular weight excluding hydrogens is 258 g/mol. The highest BCUT2D eigenvalue weighted by Gasteiger charge is 2.01. The Balaban J connectivity index is 1.51. The van der Waals surface area contributed by atoms with Crippen LogP contribution in [0.25, 0.3) is 10.9 Å². The van der Waals surface area contributed by atoms with E-state index in [9.17, 15) is 0 Å². The molecule has 3 nitrogen and oxygen atoms in total. The Hall–Kier alpha value is -2.26. The fourth-order valence-electron chi connectivity index (χ4n) is 2.50. The minimum Gasteiger partial charge on any atom is -0.316 e. The zero-order valence-electron chi connectivity index (χ0n) is 12.0. The lowest BCUT2D eigenvalue weighted by Gasteiger charge is -2.07. The van der Waals surface area contributed by atoms with Crippen molar-refractivity contribution in [1.82, 2.24) is 15.3 Å². The summed E-state index contributed by atoms with van der Waals surface area (Å²) in [6, 6.07) is 14.6. The Bertz CT molecular complexity index is 690. The van der Waals surface area contributed by atoms with Crippen molar-refractivity contribution in [1.29, 1.82) is 0 Å². The summed E-state index contributed by atoms with van der Waals surface area (Å²) in [7, 11) is 0. The first kappa shape index (κ1) is 13.7. The smallest absolute Gasteiger partial charge is 0.0734 e. The Morgan fingerprint density at radius 2 is 1.71 bits per heavy atom. The minimum atomic E-state index is 0.968. The second kappa shape index (κ2) is 6.95. The lowest BCUT2D eigenvalue weighted by molar-refractivity contribution is 0.682. The van der Waals surface area contributed by atoms with E-state index in [1.54, 1.807) is 0 Å². The second-order valence-corrected chi connectivity index (χ2v) is 5.10. The van der Waals surface area contributed by atoms with E-state index in [-0.39, 0.29) is 0 Å². The lowest BCUT2D eigenvalue weighted by Crippen LogP contribution is -2.20. The molecule has 2 aromatic heterocycles. The summed E-state index contributed by atoms with van der Waals surface area (Å²) in [6.45, 7) is 1.94. The number of para-hydroxylation sites is 1. The van der Waals surface area contributed by atoms with E-state index in [4.69, 9.17) is 0 Å². The molecule has 1 aromatic carbocycles. The van der Waals surface area contributed by atoms with Crippen molar-refractivity contribution >= 4 is 10.9 Å². The molecule has 0 saturated heterocycles. The SMILES string of the molecule is c1cncc(CCNCCc2cccc3cccnc23)c1. The van der Waals surface area contributed by atoms with Crippen molar-refractivity contribution in [2.75, 3.05) is 13.1 Å². The lowest BCUT2D eigenvalue weighted by atomic mass is 10.1. The fraction of sp³-hybridized carbons (Fsp3) is 0.222. The highest BCUT2D eigenvalue weighted by molar-refractivity contribution is 5.81. The highest BCUT2D eigenvalue weighted by atomic mass is 14.8. The van der Waals surface area contributed by atoms with Crippen molar-refractivity contribution in [3.63, 3.8) is 0 Å². The molecule has 3 aromatic rings. The number of fused-ring (bicyclic) bond motifs is 1. The van der Waals surface area contributed by atoms with Crippen LogP contribution in [-0.2, 0) is 12.8 Å². The average Bonchev–Trinajstić information content (AvgIpc) is 2.56. The Morgan fingerprint density at radius 3 is 2.62 bits per heavy atom. The standard InChI is InChI=1S/C18H19N3/c1-5-16-7-3-11-21-18(16)17(6-1)9-13-19-12-8-15-4-2-10-20-14-15/h1-7,10-11,14,19H,8-9,12-13H2. The summed E-state index contributed by atoms with van der Waals surface area (Å²) in [5.41, 5.74) is 3.70. The minimum absolute atomic E-state index is 0.968. The van der Waals surface area contributed by atoms with Gasteiger partial charge in [0.15, 0.2) is 0 Å². The van der Waals surface area contributed by atoms with Gasteiger partial charge in [0, 0.05) is 24.0 Å². The van der Waals surface area contributed by atoms with Crippen LogP contribution < -0.4 is 5.32 Å². The number of aromatic nitrogens is 2. The largest absolute Gasteiger partial charge is 0.316 e. The van der Waals surface area contributed by atoms with Gasteiger partial charge in [-0.25, -0.2) is 0 Å². The van der Waals surface area contributed by atoms with Gasteiger partial charge in [-0.05, 0) is 49.2 Å². The highest BCUT2D eigenvalue weighted by Crippen LogP contribution is 2.15. The molecule has 0 aliphatic carbocycles. The van der Waals surface area contributed by atoms with E-state index >= 15 is 0 Å². The van der Waals surface area contributed by atoms with Gasteiger partial charge in [0.25, 0.3) is 0 Å². The van der Waals surface area contributed by atoms with Crippen molar-refractivity contribution < 1.29 is 0 Å². The topological polar surface area (TPSA) is 37.8 Å². The number of hydrogen-bond donors (Lipinski definition) is 1. The molecule has 0 bridgehead atoms. The number of benzene rings is 1. The maximum atomic E-state index is 4.49. The molecule has 0 spiro atoms. The van der Waals surface area contributed by atoms with E-state index in [1.807, 2.05) is 30.7 Å². The molecule has 21 heavy (non-hydrogen) atoms. The zero-order valence-corrected chi connectivity index (χ0v) is 12.0. The third-order valence-electron chi connectivity index (χ3n) is 3.60. The second-order valence-electron chi connectivity index (χ2n) is 5.10. The van der Waals surface area contributed by atoms with Crippen molar-refractivity contribution in [2.24, 2.45) is 0 Å². The molecule has 2 heterocycles. The number of nitrogens with zero attached hydrogens (tertiary/aromatic N) is 2. The number of hydrogen-bond acceptors (Lipinski definition) is 3. The summed E-state index contributed by atoms with van der Waals surface area (Å²) in [6.07, 6.45) is 7.62. The molecule has 3 heteroatoms. The van der Waals surface area contributed by atoms with E-state index in [0.29, 0.717) is 0 Å². The van der Waals surface area contributed by atoms with Crippen molar-refractivity contribution in [2.45, 2.75) is 12.8 Å². The van der Waals surface area contributed by atoms with Gasteiger partial charge >= 0.3 is 0 Å². The molecule has 0 aliphatic rings. The summed E-state index contributed by atoms with van der Waals surface area (Å²) in [5.74, 6) is 0. The molecule has 106 valence electrons. The van der Waals surface area contributed by atoms with Gasteiger partial charge in [-0.2, -0.15) is 0 Å². The van der Waals surface area contributed by atoms with Crippen LogP contribution in [0.1, 0.15) is 11.1 Å². The summed E-state index contributed by atoms with van der Waals surface area (Å²) >= 11 is 0. The van der Waals surface area contributed by atoms with Crippen LogP contribution in [-0.4, -0.2) is 23.1 Å². The van der Waals surface area contributed by atoms with Crippen molar-refractivity contribution in [3.8, 4) is 0 Å². The maximum Gasteiger partial charge on any atom is 0.0734 e. The predicted octanol–water partition coefficient (Wildman–Crippen LogP) is 3.00. The van der Waals surface area contributed by atoms with Gasteiger partial charge in [0.2, 0.25) is 0 Å². The first-order valence-corrected chi connectivity index (χ1v) is 7.36. The van der Waals surface area contributed by atoms with Gasteiger partial charge in [0.05, 0.1) is 5.52 Å². The monoisotopic (exact) mass is 277 g/mol. The van der Waals surface area contributed by atoms with Gasteiger partial charge in [0.1, 0.15) is 0 Å². The number of nitrogens with one attached hydrogen (secondary N) is 1. The normalized spacial score (nSPS) is 10.9. The van der Waals surface area contributed by atoms with Crippen LogP contribution >= 0.6 is 0 Å². The van der Waals surface area contributed by atoms with Crippen molar-refractivity contribution in [3.05, 3.63) is 72.2 Å². The van der Waals surface area contributed by atoms with Crippen LogP contribution in [0.5, 0.6) is 0 Å². The van der Waals surface area contributed by atoms with Crippen LogP contribution in [0.4, 0.5) is 0 Å². The van der Waals surface area contributed by atoms with E-state index in [1.165, 1.54) is 16.5 Å². The summed E-state index contributed by atoms with van der Waals surface area (Å²) in [4.78, 5) is 8.62. The number of rotatable bonds is 6. The molecular formula is C18H19N3. The van der Waals surface area contributed by atoms with Crippen LogP contribution in [0, 0.1) is 0 Å². The summed E-state index contributed by atoms with van der Waals surface area (Å²) in [5, 5.41) is 4.70.